The van der Waals surface area contributed by atoms with Crippen LogP contribution < -0.4 is 9.62 Å². The number of benzene rings is 2. The lowest BCUT2D eigenvalue weighted by Gasteiger charge is -2.31. The van der Waals surface area contributed by atoms with Crippen LogP contribution in [0.3, 0.4) is 0 Å². The van der Waals surface area contributed by atoms with Gasteiger partial charge in [-0.25, -0.2) is 12.8 Å². The lowest BCUT2D eigenvalue weighted by Crippen LogP contribution is -2.50. The van der Waals surface area contributed by atoms with Crippen molar-refractivity contribution in [2.45, 2.75) is 19.5 Å². The molecule has 2 aromatic carbocycles. The van der Waals surface area contributed by atoms with Crippen molar-refractivity contribution in [2.75, 3.05) is 24.2 Å². The van der Waals surface area contributed by atoms with E-state index in [1.807, 2.05) is 0 Å². The Kier molecular flexibility index (Phi) is 8.27. The second-order valence-corrected chi connectivity index (χ2v) is 9.56. The van der Waals surface area contributed by atoms with Crippen LogP contribution in [-0.2, 0) is 26.2 Å². The molecular weight excluding hydrogens is 468 g/mol. The van der Waals surface area contributed by atoms with Crippen LogP contribution in [0.25, 0.3) is 0 Å². The Bertz CT molecular complexity index is 1080. The normalized spacial score (nSPS) is 12.2. The summed E-state index contributed by atoms with van der Waals surface area (Å²) in [5.74, 6) is -1.78. The molecular formula is C20H22Cl2FN3O4S. The van der Waals surface area contributed by atoms with Crippen LogP contribution in [-0.4, -0.2) is 51.0 Å². The molecule has 0 aromatic heterocycles. The first-order valence-electron chi connectivity index (χ1n) is 9.12. The largest absolute Gasteiger partial charge is 0.357 e. The number of nitrogens with zero attached hydrogens (tertiary/aromatic N) is 2. The second-order valence-electron chi connectivity index (χ2n) is 6.81. The number of sulfonamides is 1. The molecule has 0 aliphatic heterocycles. The van der Waals surface area contributed by atoms with E-state index in [9.17, 15) is 22.4 Å². The highest BCUT2D eigenvalue weighted by Gasteiger charge is 2.30. The molecule has 0 aliphatic rings. The second kappa shape index (κ2) is 10.3. The summed E-state index contributed by atoms with van der Waals surface area (Å²) in [6.45, 7) is 0.944. The highest BCUT2D eigenvalue weighted by Crippen LogP contribution is 2.25. The van der Waals surface area contributed by atoms with Gasteiger partial charge in [0.1, 0.15) is 18.4 Å². The topological polar surface area (TPSA) is 86.8 Å². The maximum absolute atomic E-state index is 13.5. The van der Waals surface area contributed by atoms with Crippen molar-refractivity contribution in [2.24, 2.45) is 0 Å². The summed E-state index contributed by atoms with van der Waals surface area (Å²) in [5, 5.41) is 2.65. The number of hydrogen-bond acceptors (Lipinski definition) is 4. The van der Waals surface area contributed by atoms with Crippen LogP contribution in [0.5, 0.6) is 0 Å². The number of rotatable bonds is 8. The third-order valence-electron chi connectivity index (χ3n) is 4.53. The third kappa shape index (κ3) is 6.56. The van der Waals surface area contributed by atoms with E-state index in [1.54, 1.807) is 24.3 Å². The average molecular weight is 490 g/mol. The highest BCUT2D eigenvalue weighted by atomic mass is 35.5. The lowest BCUT2D eigenvalue weighted by molar-refractivity contribution is -0.139. The van der Waals surface area contributed by atoms with Gasteiger partial charge in [0.05, 0.1) is 17.0 Å². The van der Waals surface area contributed by atoms with Crippen molar-refractivity contribution >= 4 is 50.7 Å². The van der Waals surface area contributed by atoms with Crippen LogP contribution in [0, 0.1) is 5.82 Å². The van der Waals surface area contributed by atoms with Gasteiger partial charge in [-0.05, 0) is 42.8 Å². The first kappa shape index (κ1) is 24.9. The zero-order valence-corrected chi connectivity index (χ0v) is 19.4. The Balaban J connectivity index is 2.40. The van der Waals surface area contributed by atoms with Crippen molar-refractivity contribution in [1.82, 2.24) is 10.2 Å². The van der Waals surface area contributed by atoms with Crippen molar-refractivity contribution in [1.29, 1.82) is 0 Å². The molecule has 2 rings (SSSR count). The number of hydrogen-bond donors (Lipinski definition) is 1. The minimum atomic E-state index is -3.92. The zero-order chi connectivity index (χ0) is 23.3. The van der Waals surface area contributed by atoms with Gasteiger partial charge in [0, 0.05) is 18.6 Å². The minimum absolute atomic E-state index is 0.0236. The number of amides is 2. The van der Waals surface area contributed by atoms with Gasteiger partial charge in [-0.15, -0.1) is 0 Å². The molecule has 0 unspecified atom stereocenters. The SMILES string of the molecule is CNC(=O)[C@H](C)N(Cc1cccc(Cl)c1)C(=O)CN(c1ccc(F)c(Cl)c1)S(C)(=O)=O. The van der Waals surface area contributed by atoms with E-state index in [0.29, 0.717) is 10.6 Å². The highest BCUT2D eigenvalue weighted by molar-refractivity contribution is 7.92. The number of halogens is 3. The molecule has 31 heavy (non-hydrogen) atoms. The van der Waals surface area contributed by atoms with Crippen molar-refractivity contribution in [3.05, 3.63) is 63.9 Å². The van der Waals surface area contributed by atoms with E-state index >= 15 is 0 Å². The van der Waals surface area contributed by atoms with Crippen LogP contribution in [0.15, 0.2) is 42.5 Å². The third-order valence-corrected chi connectivity index (χ3v) is 6.19. The number of likely N-dealkylation sites (N-methyl/N-ethyl adjacent to an activating group) is 1. The molecule has 0 bridgehead atoms. The summed E-state index contributed by atoms with van der Waals surface area (Å²) in [6, 6.07) is 9.20. The fraction of sp³-hybridized carbons (Fsp3) is 0.300. The van der Waals surface area contributed by atoms with Crippen molar-refractivity contribution in [3.8, 4) is 0 Å². The monoisotopic (exact) mass is 489 g/mol. The molecule has 0 aliphatic carbocycles. The fourth-order valence-electron chi connectivity index (χ4n) is 2.88. The first-order chi connectivity index (χ1) is 14.4. The van der Waals surface area contributed by atoms with E-state index < -0.39 is 40.2 Å². The molecule has 0 fully saturated rings. The Morgan fingerprint density at radius 3 is 2.39 bits per heavy atom. The Morgan fingerprint density at radius 2 is 1.84 bits per heavy atom. The maximum Gasteiger partial charge on any atom is 0.244 e. The summed E-state index contributed by atoms with van der Waals surface area (Å²) in [4.78, 5) is 26.6. The van der Waals surface area contributed by atoms with E-state index in [4.69, 9.17) is 23.2 Å². The predicted octanol–water partition coefficient (Wildman–Crippen LogP) is 3.06. The summed E-state index contributed by atoms with van der Waals surface area (Å²) < 4.78 is 39.1. The molecule has 1 N–H and O–H groups in total. The number of anilines is 1. The minimum Gasteiger partial charge on any atom is -0.357 e. The standard InChI is InChI=1S/C20H22Cl2FN3O4S/c1-13(20(28)24-2)25(11-14-5-4-6-15(21)9-14)19(27)12-26(31(3,29)30)16-7-8-18(23)17(22)10-16/h4-10,13H,11-12H2,1-3H3,(H,24,28)/t13-/m0/s1. The molecule has 168 valence electrons. The van der Waals surface area contributed by atoms with Crippen molar-refractivity contribution < 1.29 is 22.4 Å². The quantitative estimate of drug-likeness (QED) is 0.617. The van der Waals surface area contributed by atoms with Gasteiger partial charge in [-0.3, -0.25) is 13.9 Å². The van der Waals surface area contributed by atoms with Gasteiger partial charge in [0.15, 0.2) is 0 Å². The molecule has 2 aromatic rings. The Labute approximate surface area is 190 Å². The van der Waals surface area contributed by atoms with Crippen LogP contribution in [0.2, 0.25) is 10.0 Å². The van der Waals surface area contributed by atoms with Crippen LogP contribution in [0.4, 0.5) is 10.1 Å². The van der Waals surface area contributed by atoms with Gasteiger partial charge in [0.25, 0.3) is 0 Å². The van der Waals surface area contributed by atoms with E-state index in [-0.39, 0.29) is 17.3 Å². The Morgan fingerprint density at radius 1 is 1.16 bits per heavy atom. The molecule has 0 saturated heterocycles. The molecule has 1 atom stereocenters. The molecule has 2 amide bonds. The smallest absolute Gasteiger partial charge is 0.244 e. The number of nitrogens with one attached hydrogen (secondary N) is 1. The summed E-state index contributed by atoms with van der Waals surface area (Å²) in [7, 11) is -2.49. The molecule has 11 heteroatoms. The first-order valence-corrected chi connectivity index (χ1v) is 11.7. The van der Waals surface area contributed by atoms with Crippen LogP contribution in [0.1, 0.15) is 12.5 Å². The maximum atomic E-state index is 13.5. The van der Waals surface area contributed by atoms with E-state index in [0.717, 1.165) is 22.7 Å². The molecule has 0 radical (unpaired) electrons. The zero-order valence-electron chi connectivity index (χ0n) is 17.1. The molecule has 0 heterocycles. The summed E-state index contributed by atoms with van der Waals surface area (Å²) in [5.41, 5.74) is 0.685. The number of carbonyl (C=O) groups excluding carboxylic acids is 2. The Hall–Kier alpha value is -2.36. The lowest BCUT2D eigenvalue weighted by atomic mass is 10.1. The van der Waals surface area contributed by atoms with Gasteiger partial charge in [-0.1, -0.05) is 35.3 Å². The fourth-order valence-corrected chi connectivity index (χ4v) is 4.11. The van der Waals surface area contributed by atoms with Gasteiger partial charge in [0.2, 0.25) is 21.8 Å². The average Bonchev–Trinajstić information content (AvgIpc) is 2.70. The van der Waals surface area contributed by atoms with Gasteiger partial charge >= 0.3 is 0 Å². The summed E-state index contributed by atoms with van der Waals surface area (Å²) >= 11 is 11.8. The number of carbonyl (C=O) groups is 2. The predicted molar refractivity (Wildman–Crippen MR) is 119 cm³/mol. The van der Waals surface area contributed by atoms with Crippen molar-refractivity contribution in [3.63, 3.8) is 0 Å². The van der Waals surface area contributed by atoms with E-state index in [1.165, 1.54) is 24.9 Å². The molecule has 0 spiro atoms. The summed E-state index contributed by atoms with van der Waals surface area (Å²) in [6.07, 6.45) is 0.918. The van der Waals surface area contributed by atoms with E-state index in [2.05, 4.69) is 5.32 Å². The van der Waals surface area contributed by atoms with Gasteiger partial charge < -0.3 is 10.2 Å². The van der Waals surface area contributed by atoms with Crippen LogP contribution >= 0.6 is 23.2 Å². The molecule has 0 saturated carbocycles. The van der Waals surface area contributed by atoms with Gasteiger partial charge in [-0.2, -0.15) is 0 Å². The molecule has 7 nitrogen and oxygen atoms in total.